The fourth-order valence-electron chi connectivity index (χ4n) is 6.65. The van der Waals surface area contributed by atoms with E-state index in [0.29, 0.717) is 56.6 Å². The second-order valence-corrected chi connectivity index (χ2v) is 12.5. The number of aliphatic hydroxyl groups excluding tert-OH is 1. The summed E-state index contributed by atoms with van der Waals surface area (Å²) >= 11 is 3.56. The minimum Gasteiger partial charge on any atom is -0.460 e. The van der Waals surface area contributed by atoms with Gasteiger partial charge in [-0.3, -0.25) is 24.1 Å². The fourth-order valence-corrected chi connectivity index (χ4v) is 7.39. The van der Waals surface area contributed by atoms with E-state index in [1.165, 1.54) is 0 Å². The summed E-state index contributed by atoms with van der Waals surface area (Å²) < 4.78 is 18.3. The van der Waals surface area contributed by atoms with E-state index in [9.17, 15) is 24.3 Å². The number of cyclic esters (lactones) is 1. The average molecular weight is 654 g/mol. The number of hydrogen-bond acceptors (Lipinski definition) is 9. The summed E-state index contributed by atoms with van der Waals surface area (Å²) in [6.07, 6.45) is 5.96. The molecule has 0 aromatic carbocycles. The second kappa shape index (κ2) is 13.5. The van der Waals surface area contributed by atoms with Gasteiger partial charge < -0.3 is 34.4 Å². The first kappa shape index (κ1) is 31.1. The molecule has 0 aromatic rings. The lowest BCUT2D eigenvalue weighted by Crippen LogP contribution is -2.57. The number of likely N-dealkylation sites (tertiary alicyclic amines) is 1. The molecule has 12 nitrogen and oxygen atoms in total. The van der Waals surface area contributed by atoms with Gasteiger partial charge in [-0.2, -0.15) is 0 Å². The summed E-state index contributed by atoms with van der Waals surface area (Å²) in [5.74, 6) is -3.19. The van der Waals surface area contributed by atoms with Gasteiger partial charge in [-0.1, -0.05) is 28.1 Å². The molecule has 5 heterocycles. The predicted molar refractivity (Wildman–Crippen MR) is 154 cm³/mol. The SMILES string of the molecule is C[C@H]1CNC(=O)CC/C=C\CN(CCN2CCOCC2)C(=O)[C@H]2N(CCCCO)C(=O)[C@@H]3[C@@H](C(=O)O1)[C@@H]1O[C@@]32C=C1Br. The number of halogens is 1. The van der Waals surface area contributed by atoms with E-state index in [-0.39, 0.29) is 43.8 Å². The maximum absolute atomic E-state index is 14.6. The molecule has 5 bridgehead atoms. The molecule has 1 spiro atoms. The Morgan fingerprint density at radius 1 is 1.07 bits per heavy atom. The van der Waals surface area contributed by atoms with Gasteiger partial charge in [0.05, 0.1) is 25.7 Å². The van der Waals surface area contributed by atoms with E-state index < -0.39 is 41.7 Å². The third-order valence-electron chi connectivity index (χ3n) is 8.78. The first-order chi connectivity index (χ1) is 20.3. The van der Waals surface area contributed by atoms with Gasteiger partial charge in [0.25, 0.3) is 0 Å². The van der Waals surface area contributed by atoms with E-state index in [1.54, 1.807) is 22.8 Å². The number of carbonyl (C=O) groups excluding carboxylic acids is 4. The van der Waals surface area contributed by atoms with Crippen molar-refractivity contribution in [2.45, 2.75) is 56.5 Å². The highest BCUT2D eigenvalue weighted by Crippen LogP contribution is 2.58. The number of morpholine rings is 1. The van der Waals surface area contributed by atoms with Crippen LogP contribution in [0.5, 0.6) is 0 Å². The van der Waals surface area contributed by atoms with Crippen LogP contribution in [0.25, 0.3) is 0 Å². The lowest BCUT2D eigenvalue weighted by Gasteiger charge is -2.37. The number of hydrogen-bond donors (Lipinski definition) is 2. The number of ether oxygens (including phenoxy) is 3. The van der Waals surface area contributed by atoms with E-state index in [1.807, 2.05) is 12.2 Å². The van der Waals surface area contributed by atoms with E-state index >= 15 is 0 Å². The van der Waals surface area contributed by atoms with Gasteiger partial charge in [-0.25, -0.2) is 0 Å². The van der Waals surface area contributed by atoms with Crippen LogP contribution in [0.4, 0.5) is 0 Å². The molecule has 0 unspecified atom stereocenters. The Bertz CT molecular complexity index is 1110. The summed E-state index contributed by atoms with van der Waals surface area (Å²) in [6, 6.07) is -0.974. The number of rotatable bonds is 7. The number of esters is 1. The third kappa shape index (κ3) is 6.17. The maximum atomic E-state index is 14.6. The zero-order valence-corrected chi connectivity index (χ0v) is 25.6. The van der Waals surface area contributed by atoms with Crippen LogP contribution in [0.15, 0.2) is 22.7 Å². The smallest absolute Gasteiger partial charge is 0.313 e. The Kier molecular flexibility index (Phi) is 10.0. The first-order valence-corrected chi connectivity index (χ1v) is 15.7. The van der Waals surface area contributed by atoms with Crippen LogP contribution >= 0.6 is 15.9 Å². The van der Waals surface area contributed by atoms with Gasteiger partial charge in [-0.05, 0) is 32.3 Å². The molecule has 232 valence electrons. The number of aliphatic hydroxyl groups is 1. The molecule has 5 aliphatic rings. The standard InChI is InChI=1S/C29H41BrN4O8/c1-19-18-31-21(36)7-3-2-4-8-33(11-10-32-12-15-40-16-13-32)27(38)25-29-17-20(30)24(42-29)22(28(39)41-19)23(29)26(37)34(25)9-5-6-14-35/h2,4,17,19,22-25,35H,3,5-16,18H2,1H3,(H,31,36)/b4-2-/t19-,22+,23-,24+,25+,29-/m0/s1. The monoisotopic (exact) mass is 652 g/mol. The first-order valence-electron chi connectivity index (χ1n) is 15.0. The molecule has 0 aliphatic carbocycles. The summed E-state index contributed by atoms with van der Waals surface area (Å²) in [5, 5.41) is 12.2. The van der Waals surface area contributed by atoms with E-state index in [4.69, 9.17) is 14.2 Å². The summed E-state index contributed by atoms with van der Waals surface area (Å²) in [5.41, 5.74) is -1.33. The highest BCUT2D eigenvalue weighted by Gasteiger charge is 2.74. The molecule has 13 heteroatoms. The largest absolute Gasteiger partial charge is 0.460 e. The van der Waals surface area contributed by atoms with Crippen molar-refractivity contribution in [3.8, 4) is 0 Å². The van der Waals surface area contributed by atoms with Crippen molar-refractivity contribution < 1.29 is 38.5 Å². The average Bonchev–Trinajstić information content (AvgIpc) is 3.56. The maximum Gasteiger partial charge on any atom is 0.313 e. The van der Waals surface area contributed by atoms with Crippen LogP contribution in [-0.2, 0) is 33.4 Å². The van der Waals surface area contributed by atoms with Crippen LogP contribution in [0.2, 0.25) is 0 Å². The number of fused-ring (bicyclic) bond motifs is 2. The van der Waals surface area contributed by atoms with Crippen molar-refractivity contribution in [2.75, 3.05) is 65.6 Å². The number of amides is 3. The molecule has 0 radical (unpaired) electrons. The zero-order chi connectivity index (χ0) is 29.9. The molecule has 0 aromatic heterocycles. The van der Waals surface area contributed by atoms with Gasteiger partial charge in [-0.15, -0.1) is 0 Å². The van der Waals surface area contributed by atoms with Crippen molar-refractivity contribution in [2.24, 2.45) is 11.8 Å². The molecule has 0 saturated carbocycles. The normalized spacial score (nSPS) is 35.2. The van der Waals surface area contributed by atoms with Gasteiger partial charge in [0.2, 0.25) is 17.7 Å². The van der Waals surface area contributed by atoms with Crippen LogP contribution in [0, 0.1) is 11.8 Å². The number of carbonyl (C=O) groups is 4. The molecule has 6 atom stereocenters. The number of nitrogens with zero attached hydrogens (tertiary/aromatic N) is 3. The van der Waals surface area contributed by atoms with Crippen molar-refractivity contribution in [1.29, 1.82) is 0 Å². The van der Waals surface area contributed by atoms with Gasteiger partial charge in [0.1, 0.15) is 29.8 Å². The van der Waals surface area contributed by atoms with Crippen molar-refractivity contribution in [1.82, 2.24) is 20.0 Å². The number of nitrogens with one attached hydrogen (secondary N) is 1. The Balaban J connectivity index is 1.50. The van der Waals surface area contributed by atoms with Crippen molar-refractivity contribution in [3.05, 3.63) is 22.7 Å². The number of unbranched alkanes of at least 4 members (excludes halogenated alkanes) is 1. The molecule has 3 amide bonds. The topological polar surface area (TPSA) is 138 Å². The lowest BCUT2D eigenvalue weighted by molar-refractivity contribution is -0.158. The Labute approximate surface area is 254 Å². The molecule has 5 aliphatic heterocycles. The van der Waals surface area contributed by atoms with Crippen LogP contribution in [-0.4, -0.2) is 133 Å². The summed E-state index contributed by atoms with van der Waals surface area (Å²) in [6.45, 7) is 6.27. The number of allylic oxidation sites excluding steroid dienone is 1. The molecule has 42 heavy (non-hydrogen) atoms. The molecule has 2 N–H and O–H groups in total. The Hall–Kier alpha value is -2.32. The second-order valence-electron chi connectivity index (χ2n) is 11.6. The summed E-state index contributed by atoms with van der Waals surface area (Å²) in [7, 11) is 0. The quantitative estimate of drug-likeness (QED) is 0.224. The highest BCUT2D eigenvalue weighted by molar-refractivity contribution is 9.11. The van der Waals surface area contributed by atoms with E-state index in [0.717, 1.165) is 13.1 Å². The van der Waals surface area contributed by atoms with Gasteiger partial charge >= 0.3 is 5.97 Å². The van der Waals surface area contributed by atoms with Crippen LogP contribution in [0.3, 0.4) is 0 Å². The minimum absolute atomic E-state index is 0.0287. The molecular weight excluding hydrogens is 612 g/mol. The molecule has 3 fully saturated rings. The Morgan fingerprint density at radius 3 is 2.62 bits per heavy atom. The summed E-state index contributed by atoms with van der Waals surface area (Å²) in [4.78, 5) is 60.2. The molecule has 3 saturated heterocycles. The van der Waals surface area contributed by atoms with Crippen molar-refractivity contribution >= 4 is 39.6 Å². The van der Waals surface area contributed by atoms with Crippen LogP contribution in [0.1, 0.15) is 32.6 Å². The molecular formula is C29H41BrN4O8. The van der Waals surface area contributed by atoms with Crippen molar-refractivity contribution in [3.63, 3.8) is 0 Å². The Morgan fingerprint density at radius 2 is 1.86 bits per heavy atom. The lowest BCUT2D eigenvalue weighted by atomic mass is 9.74. The van der Waals surface area contributed by atoms with Gasteiger partial charge in [0.15, 0.2) is 0 Å². The minimum atomic E-state index is -1.33. The van der Waals surface area contributed by atoms with Gasteiger partial charge in [0, 0.05) is 56.8 Å². The predicted octanol–water partition coefficient (Wildman–Crippen LogP) is 0.191. The zero-order valence-electron chi connectivity index (χ0n) is 24.0. The fraction of sp³-hybridized carbons (Fsp3) is 0.724. The van der Waals surface area contributed by atoms with E-state index in [2.05, 4.69) is 26.1 Å². The molecule has 5 rings (SSSR count). The van der Waals surface area contributed by atoms with Crippen LogP contribution < -0.4 is 5.32 Å². The third-order valence-corrected chi connectivity index (χ3v) is 9.46. The highest BCUT2D eigenvalue weighted by atomic mass is 79.9.